The lowest BCUT2D eigenvalue weighted by atomic mass is 10.1. The number of carboxylic acid groups (broad SMARTS) is 1. The highest BCUT2D eigenvalue weighted by atomic mass is 16.5. The first kappa shape index (κ1) is 11.8. The first-order valence-electron chi connectivity index (χ1n) is 5.09. The van der Waals surface area contributed by atoms with Gasteiger partial charge in [-0.2, -0.15) is 0 Å². The monoisotopic (exact) mass is 246 g/mol. The fraction of sp³-hybridized carbons (Fsp3) is 0.0833. The number of hydrogen-bond acceptors (Lipinski definition) is 4. The summed E-state index contributed by atoms with van der Waals surface area (Å²) >= 11 is 0. The third-order valence-electron chi connectivity index (χ3n) is 2.31. The van der Waals surface area contributed by atoms with Gasteiger partial charge in [-0.15, -0.1) is 0 Å². The number of nitrogens with one attached hydrogen (secondary N) is 1. The molecular formula is C12H10N2O4. The Morgan fingerprint density at radius 3 is 2.83 bits per heavy atom. The average molecular weight is 246 g/mol. The first-order valence-corrected chi connectivity index (χ1v) is 5.09. The van der Waals surface area contributed by atoms with Crippen molar-refractivity contribution in [1.82, 2.24) is 9.97 Å². The molecular weight excluding hydrogens is 236 g/mol. The molecule has 0 aliphatic rings. The molecule has 1 aromatic heterocycles. The molecule has 0 unspecified atom stereocenters. The van der Waals surface area contributed by atoms with E-state index >= 15 is 0 Å². The molecule has 0 bridgehead atoms. The lowest BCUT2D eigenvalue weighted by Crippen LogP contribution is -2.15. The number of rotatable bonds is 3. The molecule has 0 saturated heterocycles. The van der Waals surface area contributed by atoms with Crippen LogP contribution in [-0.4, -0.2) is 28.2 Å². The van der Waals surface area contributed by atoms with Crippen LogP contribution in [0, 0.1) is 0 Å². The van der Waals surface area contributed by atoms with Crippen molar-refractivity contribution in [3.05, 3.63) is 46.5 Å². The maximum Gasteiger partial charge on any atom is 0.372 e. The van der Waals surface area contributed by atoms with E-state index in [2.05, 4.69) is 9.97 Å². The van der Waals surface area contributed by atoms with Crippen LogP contribution in [-0.2, 0) is 0 Å². The van der Waals surface area contributed by atoms with Gasteiger partial charge in [-0.1, -0.05) is 12.1 Å². The number of ether oxygens (including phenoxy) is 1. The number of aromatic carboxylic acids is 1. The number of hydrogen-bond donors (Lipinski definition) is 2. The number of carbonyl (C=O) groups is 1. The van der Waals surface area contributed by atoms with Gasteiger partial charge in [0.15, 0.2) is 0 Å². The molecule has 0 aliphatic heterocycles. The molecule has 0 fully saturated rings. The van der Waals surface area contributed by atoms with E-state index < -0.39 is 11.5 Å². The minimum absolute atomic E-state index is 0.287. The van der Waals surface area contributed by atoms with Crippen LogP contribution in [0.1, 0.15) is 10.6 Å². The van der Waals surface area contributed by atoms with Crippen molar-refractivity contribution < 1.29 is 14.6 Å². The van der Waals surface area contributed by atoms with Gasteiger partial charge in [-0.25, -0.2) is 9.78 Å². The summed E-state index contributed by atoms with van der Waals surface area (Å²) in [6.45, 7) is 0. The Balaban J connectivity index is 2.56. The van der Waals surface area contributed by atoms with E-state index in [4.69, 9.17) is 9.84 Å². The summed E-state index contributed by atoms with van der Waals surface area (Å²) in [7, 11) is 1.52. The Morgan fingerprint density at radius 1 is 1.39 bits per heavy atom. The number of carboxylic acids is 1. The second-order valence-corrected chi connectivity index (χ2v) is 3.52. The lowest BCUT2D eigenvalue weighted by molar-refractivity contribution is 0.0683. The van der Waals surface area contributed by atoms with Gasteiger partial charge < -0.3 is 14.8 Å². The van der Waals surface area contributed by atoms with Crippen LogP contribution in [0.5, 0.6) is 5.75 Å². The molecule has 6 heteroatoms. The fourth-order valence-corrected chi connectivity index (χ4v) is 1.49. The molecule has 2 N–H and O–H groups in total. The van der Waals surface area contributed by atoms with Crippen LogP contribution < -0.4 is 10.3 Å². The number of methoxy groups -OCH3 is 1. The first-order chi connectivity index (χ1) is 8.60. The second-order valence-electron chi connectivity index (χ2n) is 3.52. The number of H-pyrrole nitrogens is 1. The van der Waals surface area contributed by atoms with Gasteiger partial charge in [0.25, 0.3) is 5.56 Å². The maximum atomic E-state index is 11.4. The normalized spacial score (nSPS) is 10.1. The van der Waals surface area contributed by atoms with Crippen LogP contribution in [0.2, 0.25) is 0 Å². The SMILES string of the molecule is COc1cccc(-c2cc(=O)[nH]c(C(=O)O)n2)c1. The van der Waals surface area contributed by atoms with E-state index in [1.54, 1.807) is 24.3 Å². The molecule has 0 spiro atoms. The van der Waals surface area contributed by atoms with Gasteiger partial charge in [-0.05, 0) is 12.1 Å². The fourth-order valence-electron chi connectivity index (χ4n) is 1.49. The molecule has 2 rings (SSSR count). The molecule has 0 amide bonds. The third kappa shape index (κ3) is 2.37. The van der Waals surface area contributed by atoms with Gasteiger partial charge >= 0.3 is 5.97 Å². The van der Waals surface area contributed by atoms with Crippen molar-refractivity contribution in [2.45, 2.75) is 0 Å². The molecule has 0 aliphatic carbocycles. The summed E-state index contributed by atoms with van der Waals surface area (Å²) in [4.78, 5) is 28.2. The Hall–Kier alpha value is -2.63. The number of aromatic nitrogens is 2. The zero-order chi connectivity index (χ0) is 13.1. The smallest absolute Gasteiger partial charge is 0.372 e. The molecule has 2 aromatic rings. The second kappa shape index (κ2) is 4.70. The highest BCUT2D eigenvalue weighted by Crippen LogP contribution is 2.20. The minimum Gasteiger partial charge on any atom is -0.497 e. The maximum absolute atomic E-state index is 11.4. The van der Waals surface area contributed by atoms with Gasteiger partial charge in [0.1, 0.15) is 5.75 Å². The van der Waals surface area contributed by atoms with E-state index in [1.807, 2.05) is 0 Å². The van der Waals surface area contributed by atoms with E-state index in [9.17, 15) is 9.59 Å². The van der Waals surface area contributed by atoms with Gasteiger partial charge in [-0.3, -0.25) is 4.79 Å². The van der Waals surface area contributed by atoms with Gasteiger partial charge in [0, 0.05) is 11.6 Å². The van der Waals surface area contributed by atoms with E-state index in [0.717, 1.165) is 0 Å². The molecule has 1 heterocycles. The van der Waals surface area contributed by atoms with Crippen molar-refractivity contribution in [3.8, 4) is 17.0 Å². The van der Waals surface area contributed by atoms with Crippen LogP contribution in [0.4, 0.5) is 0 Å². The minimum atomic E-state index is -1.28. The molecule has 0 radical (unpaired) electrons. The van der Waals surface area contributed by atoms with Crippen molar-refractivity contribution in [2.24, 2.45) is 0 Å². The zero-order valence-electron chi connectivity index (χ0n) is 9.51. The molecule has 1 aromatic carbocycles. The molecule has 92 valence electrons. The zero-order valence-corrected chi connectivity index (χ0v) is 9.51. The summed E-state index contributed by atoms with van der Waals surface area (Å²) in [5.74, 6) is -1.07. The molecule has 0 saturated carbocycles. The summed E-state index contributed by atoms with van der Waals surface area (Å²) in [6.07, 6.45) is 0. The lowest BCUT2D eigenvalue weighted by Gasteiger charge is -2.04. The van der Waals surface area contributed by atoms with Crippen molar-refractivity contribution >= 4 is 5.97 Å². The quantitative estimate of drug-likeness (QED) is 0.847. The average Bonchev–Trinajstić information content (AvgIpc) is 2.38. The van der Waals surface area contributed by atoms with E-state index in [0.29, 0.717) is 11.3 Å². The van der Waals surface area contributed by atoms with Crippen molar-refractivity contribution in [2.75, 3.05) is 7.11 Å². The number of benzene rings is 1. The summed E-state index contributed by atoms with van der Waals surface area (Å²) in [5, 5.41) is 8.82. The van der Waals surface area contributed by atoms with Gasteiger partial charge in [0.05, 0.1) is 12.8 Å². The summed E-state index contributed by atoms with van der Waals surface area (Å²) in [5.41, 5.74) is 0.387. The van der Waals surface area contributed by atoms with E-state index in [1.165, 1.54) is 13.2 Å². The van der Waals surface area contributed by atoms with E-state index in [-0.39, 0.29) is 11.5 Å². The highest BCUT2D eigenvalue weighted by Gasteiger charge is 2.09. The molecule has 0 atom stereocenters. The highest BCUT2D eigenvalue weighted by molar-refractivity contribution is 5.83. The summed E-state index contributed by atoms with van der Waals surface area (Å²) < 4.78 is 5.05. The number of nitrogens with zero attached hydrogens (tertiary/aromatic N) is 1. The Labute approximate surface area is 102 Å². The topological polar surface area (TPSA) is 92.3 Å². The van der Waals surface area contributed by atoms with Crippen molar-refractivity contribution in [1.29, 1.82) is 0 Å². The Bertz CT molecular complexity index is 649. The van der Waals surface area contributed by atoms with Crippen LogP contribution in [0.25, 0.3) is 11.3 Å². The Morgan fingerprint density at radius 2 is 2.17 bits per heavy atom. The van der Waals surface area contributed by atoms with Crippen LogP contribution in [0.3, 0.4) is 0 Å². The van der Waals surface area contributed by atoms with Crippen LogP contribution >= 0.6 is 0 Å². The Kier molecular flexibility index (Phi) is 3.09. The summed E-state index contributed by atoms with van der Waals surface area (Å²) in [6, 6.07) is 8.11. The standard InChI is InChI=1S/C12H10N2O4/c1-18-8-4-2-3-7(5-8)9-6-10(15)14-11(13-9)12(16)17/h2-6H,1H3,(H,16,17)(H,13,14,15). The molecule has 18 heavy (non-hydrogen) atoms. The molecule has 6 nitrogen and oxygen atoms in total. The largest absolute Gasteiger partial charge is 0.497 e. The van der Waals surface area contributed by atoms with Crippen molar-refractivity contribution in [3.63, 3.8) is 0 Å². The number of aromatic amines is 1. The predicted octanol–water partition coefficient (Wildman–Crippen LogP) is 1.14. The predicted molar refractivity (Wildman–Crippen MR) is 63.8 cm³/mol. The third-order valence-corrected chi connectivity index (χ3v) is 2.31. The van der Waals surface area contributed by atoms with Gasteiger partial charge in [0.2, 0.25) is 5.82 Å². The van der Waals surface area contributed by atoms with Crippen LogP contribution in [0.15, 0.2) is 35.1 Å².